The molecule has 0 saturated carbocycles. The monoisotopic (exact) mass is 869 g/mol. The van der Waals surface area contributed by atoms with Gasteiger partial charge in [0.2, 0.25) is 5.95 Å². The first kappa shape index (κ1) is 39.1. The Morgan fingerprint density at radius 2 is 0.721 bits per heavy atom. The van der Waals surface area contributed by atoms with Gasteiger partial charge in [0.1, 0.15) is 0 Å². The van der Waals surface area contributed by atoms with E-state index in [9.17, 15) is 0 Å². The molecule has 0 spiro atoms. The molecule has 0 aliphatic heterocycles. The predicted molar refractivity (Wildman–Crippen MR) is 277 cm³/mol. The summed E-state index contributed by atoms with van der Waals surface area (Å²) < 4.78 is 4.62. The maximum absolute atomic E-state index is 5.38. The predicted octanol–water partition coefficient (Wildman–Crippen LogP) is 14.9. The molecule has 318 valence electrons. The summed E-state index contributed by atoms with van der Waals surface area (Å²) in [6.07, 6.45) is 0. The maximum Gasteiger partial charge on any atom is 0.238 e. The van der Waals surface area contributed by atoms with Gasteiger partial charge in [0.05, 0.1) is 33.5 Å². The molecule has 13 aromatic rings. The summed E-state index contributed by atoms with van der Waals surface area (Å²) in [5, 5.41) is 4.45. The summed E-state index contributed by atoms with van der Waals surface area (Å²) in [7, 11) is 0. The molecule has 0 amide bonds. The van der Waals surface area contributed by atoms with Crippen molar-refractivity contribution < 1.29 is 0 Å². The van der Waals surface area contributed by atoms with E-state index >= 15 is 0 Å². The van der Waals surface area contributed by atoms with Crippen LogP contribution in [-0.2, 0) is 0 Å². The first-order chi connectivity index (χ1) is 33.7. The van der Waals surface area contributed by atoms with Crippen LogP contribution in [0.4, 0.5) is 0 Å². The van der Waals surface area contributed by atoms with Gasteiger partial charge < -0.3 is 4.57 Å². The number of benzene rings is 9. The topological polar surface area (TPSA) is 74.3 Å². The van der Waals surface area contributed by atoms with Gasteiger partial charge in [-0.2, -0.15) is 9.97 Å². The summed E-state index contributed by atoms with van der Waals surface area (Å²) in [5.74, 6) is 2.38. The van der Waals surface area contributed by atoms with Crippen molar-refractivity contribution in [2.75, 3.05) is 0 Å². The van der Waals surface area contributed by atoms with Crippen molar-refractivity contribution in [1.29, 1.82) is 0 Å². The second-order valence-corrected chi connectivity index (χ2v) is 16.9. The van der Waals surface area contributed by atoms with Crippen LogP contribution in [0.1, 0.15) is 0 Å². The fraction of sp³-hybridized carbons (Fsp3) is 0. The molecule has 9 aromatic carbocycles. The SMILES string of the molecule is c1ccc(-c2cc(-c3ccccc3-c3ccccc3)nc(-c3cccc(-n4c5ccccc5c5ccc6c7ccccc7n(-c7nc(-c8ccccc8)nc(-c8ccccc8)n7)c6c54)c3)n2)cc1. The van der Waals surface area contributed by atoms with E-state index < -0.39 is 0 Å². The van der Waals surface area contributed by atoms with Gasteiger partial charge in [-0.05, 0) is 41.5 Å². The van der Waals surface area contributed by atoms with Crippen LogP contribution in [0.5, 0.6) is 0 Å². The van der Waals surface area contributed by atoms with E-state index in [1.54, 1.807) is 0 Å². The van der Waals surface area contributed by atoms with Gasteiger partial charge in [-0.25, -0.2) is 15.0 Å². The molecular formula is C61H39N7. The van der Waals surface area contributed by atoms with E-state index in [2.05, 4.69) is 173 Å². The van der Waals surface area contributed by atoms with Crippen LogP contribution in [0, 0.1) is 0 Å². The van der Waals surface area contributed by atoms with Crippen LogP contribution in [0.15, 0.2) is 237 Å². The molecule has 0 atom stereocenters. The van der Waals surface area contributed by atoms with Crippen molar-refractivity contribution in [3.63, 3.8) is 0 Å². The third kappa shape index (κ3) is 6.64. The van der Waals surface area contributed by atoms with Crippen molar-refractivity contribution in [2.24, 2.45) is 0 Å². The van der Waals surface area contributed by atoms with Crippen molar-refractivity contribution >= 4 is 43.6 Å². The Balaban J connectivity index is 1.07. The minimum atomic E-state index is 0.538. The van der Waals surface area contributed by atoms with Crippen molar-refractivity contribution in [1.82, 2.24) is 34.1 Å². The van der Waals surface area contributed by atoms with Crippen LogP contribution in [0.2, 0.25) is 0 Å². The minimum absolute atomic E-state index is 0.538. The molecule has 13 rings (SSSR count). The number of hydrogen-bond acceptors (Lipinski definition) is 5. The first-order valence-electron chi connectivity index (χ1n) is 22.8. The Kier molecular flexibility index (Phi) is 9.35. The Labute approximate surface area is 392 Å². The number of aromatic nitrogens is 7. The molecule has 7 heteroatoms. The number of hydrogen-bond donors (Lipinski definition) is 0. The maximum atomic E-state index is 5.38. The summed E-state index contributed by atoms with van der Waals surface area (Å²) in [5.41, 5.74) is 13.8. The third-order valence-corrected chi connectivity index (χ3v) is 12.8. The van der Waals surface area contributed by atoms with Gasteiger partial charge in [0.15, 0.2) is 17.5 Å². The lowest BCUT2D eigenvalue weighted by molar-refractivity contribution is 0.953. The molecule has 4 heterocycles. The zero-order chi connectivity index (χ0) is 45.0. The van der Waals surface area contributed by atoms with Gasteiger partial charge in [-0.3, -0.25) is 4.57 Å². The van der Waals surface area contributed by atoms with Crippen LogP contribution in [0.25, 0.3) is 123 Å². The fourth-order valence-corrected chi connectivity index (χ4v) is 9.71. The third-order valence-electron chi connectivity index (χ3n) is 12.8. The molecule has 0 radical (unpaired) electrons. The highest BCUT2D eigenvalue weighted by molar-refractivity contribution is 6.23. The van der Waals surface area contributed by atoms with Crippen molar-refractivity contribution in [2.45, 2.75) is 0 Å². The highest BCUT2D eigenvalue weighted by Gasteiger charge is 2.24. The van der Waals surface area contributed by atoms with E-state index in [1.165, 1.54) is 0 Å². The molecule has 0 fully saturated rings. The molecular weight excluding hydrogens is 831 g/mol. The molecule has 0 aliphatic carbocycles. The standard InChI is InChI=1S/C61H39N7/c1-5-20-40(21-6-1)46-30-13-14-31-47(46)53-39-52(41-22-7-2-8-23-41)62-60(63-53)44-28-19-29-45(38-44)67-54-34-17-15-32-48(54)50-36-37-51-49-33-16-18-35-55(49)68(57(51)56(50)67)61-65-58(42-24-9-3-10-25-42)64-59(66-61)43-26-11-4-12-27-43/h1-39H. The highest BCUT2D eigenvalue weighted by Crippen LogP contribution is 2.42. The zero-order valence-electron chi connectivity index (χ0n) is 36.6. The molecule has 68 heavy (non-hydrogen) atoms. The largest absolute Gasteiger partial charge is 0.307 e. The lowest BCUT2D eigenvalue weighted by Crippen LogP contribution is -2.07. The fourth-order valence-electron chi connectivity index (χ4n) is 9.71. The van der Waals surface area contributed by atoms with E-state index in [0.29, 0.717) is 23.4 Å². The first-order valence-corrected chi connectivity index (χ1v) is 22.8. The smallest absolute Gasteiger partial charge is 0.238 e. The molecule has 0 aliphatic rings. The number of para-hydroxylation sites is 2. The van der Waals surface area contributed by atoms with Crippen molar-refractivity contribution in [3.05, 3.63) is 237 Å². The Hall–Kier alpha value is -9.33. The summed E-state index contributed by atoms with van der Waals surface area (Å²) in [4.78, 5) is 26.3. The highest BCUT2D eigenvalue weighted by atomic mass is 15.2. The van der Waals surface area contributed by atoms with E-state index in [0.717, 1.165) is 99.6 Å². The molecule has 0 unspecified atom stereocenters. The molecule has 4 aromatic heterocycles. The normalized spacial score (nSPS) is 11.5. The Morgan fingerprint density at radius 1 is 0.265 bits per heavy atom. The zero-order valence-corrected chi connectivity index (χ0v) is 36.6. The average molecular weight is 870 g/mol. The summed E-state index contributed by atoms with van der Waals surface area (Å²) in [6.45, 7) is 0. The lowest BCUT2D eigenvalue weighted by atomic mass is 9.96. The minimum Gasteiger partial charge on any atom is -0.307 e. The Bertz CT molecular complexity index is 3950. The molecule has 0 saturated heterocycles. The van der Waals surface area contributed by atoms with Crippen LogP contribution >= 0.6 is 0 Å². The van der Waals surface area contributed by atoms with Gasteiger partial charge in [-0.15, -0.1) is 0 Å². The molecule has 7 nitrogen and oxygen atoms in total. The van der Waals surface area contributed by atoms with E-state index in [4.69, 9.17) is 24.9 Å². The van der Waals surface area contributed by atoms with Crippen LogP contribution in [-0.4, -0.2) is 34.1 Å². The number of fused-ring (bicyclic) bond motifs is 7. The lowest BCUT2D eigenvalue weighted by Gasteiger charge is -2.15. The summed E-state index contributed by atoms with van der Waals surface area (Å²) in [6, 6.07) is 82.1. The summed E-state index contributed by atoms with van der Waals surface area (Å²) >= 11 is 0. The van der Waals surface area contributed by atoms with Gasteiger partial charge in [-0.1, -0.05) is 206 Å². The van der Waals surface area contributed by atoms with Crippen LogP contribution < -0.4 is 0 Å². The second kappa shape index (κ2) is 16.3. The van der Waals surface area contributed by atoms with Crippen LogP contribution in [0.3, 0.4) is 0 Å². The van der Waals surface area contributed by atoms with E-state index in [1.807, 2.05) is 72.8 Å². The van der Waals surface area contributed by atoms with Gasteiger partial charge in [0.25, 0.3) is 0 Å². The Morgan fingerprint density at radius 3 is 1.34 bits per heavy atom. The number of rotatable bonds is 8. The average Bonchev–Trinajstić information content (AvgIpc) is 3.95. The van der Waals surface area contributed by atoms with Gasteiger partial charge >= 0.3 is 0 Å². The quantitative estimate of drug-likeness (QED) is 0.152. The molecule has 0 N–H and O–H groups in total. The van der Waals surface area contributed by atoms with Crippen molar-refractivity contribution in [3.8, 4) is 79.4 Å². The van der Waals surface area contributed by atoms with E-state index in [-0.39, 0.29) is 0 Å². The van der Waals surface area contributed by atoms with Gasteiger partial charge in [0, 0.05) is 55.0 Å². The molecule has 0 bridgehead atoms. The second-order valence-electron chi connectivity index (χ2n) is 16.9. The number of nitrogens with zero attached hydrogens (tertiary/aromatic N) is 7.